The number of hydrogen-bond acceptors (Lipinski definition) is 4. The number of aliphatic hydroxyl groups excluding tert-OH is 1. The van der Waals surface area contributed by atoms with Gasteiger partial charge in [0.25, 0.3) is 0 Å². The van der Waals surface area contributed by atoms with Crippen molar-refractivity contribution in [1.29, 1.82) is 0 Å². The fourth-order valence-electron chi connectivity index (χ4n) is 3.11. The van der Waals surface area contributed by atoms with Crippen LogP contribution in [0.1, 0.15) is 18.4 Å². The molecule has 23 heavy (non-hydrogen) atoms. The van der Waals surface area contributed by atoms with Crippen LogP contribution >= 0.6 is 0 Å². The summed E-state index contributed by atoms with van der Waals surface area (Å²) in [5.74, 6) is 0.643. The molecule has 1 atom stereocenters. The van der Waals surface area contributed by atoms with E-state index in [1.54, 1.807) is 4.31 Å². The summed E-state index contributed by atoms with van der Waals surface area (Å²) >= 11 is 0. The van der Waals surface area contributed by atoms with E-state index in [0.29, 0.717) is 45.1 Å². The Morgan fingerprint density at radius 1 is 1.09 bits per heavy atom. The van der Waals surface area contributed by atoms with Gasteiger partial charge >= 0.3 is 0 Å². The van der Waals surface area contributed by atoms with E-state index < -0.39 is 10.0 Å². The Bertz CT molecular complexity index is 594. The Morgan fingerprint density at radius 3 is 2.35 bits per heavy atom. The topological polar surface area (TPSA) is 60.9 Å². The highest BCUT2D eigenvalue weighted by Crippen LogP contribution is 2.32. The molecule has 0 amide bonds. The SMILES string of the molecule is O=S(=O)(CCc1ccccc1)N1CCN(C[C@@H](O)C2CC2)CC1. The number of aryl methyl sites for hydroxylation is 1. The van der Waals surface area contributed by atoms with Crippen LogP contribution in [-0.2, 0) is 16.4 Å². The average molecular weight is 338 g/mol. The smallest absolute Gasteiger partial charge is 0.214 e. The molecule has 5 nitrogen and oxygen atoms in total. The highest BCUT2D eigenvalue weighted by molar-refractivity contribution is 7.89. The number of benzene rings is 1. The highest BCUT2D eigenvalue weighted by atomic mass is 32.2. The van der Waals surface area contributed by atoms with Crippen LogP contribution in [0.3, 0.4) is 0 Å². The molecule has 1 aliphatic carbocycles. The van der Waals surface area contributed by atoms with Crippen molar-refractivity contribution in [2.45, 2.75) is 25.4 Å². The van der Waals surface area contributed by atoms with Gasteiger partial charge in [0.05, 0.1) is 11.9 Å². The largest absolute Gasteiger partial charge is 0.392 e. The van der Waals surface area contributed by atoms with Gasteiger partial charge in [-0.3, -0.25) is 4.90 Å². The van der Waals surface area contributed by atoms with Crippen molar-refractivity contribution in [1.82, 2.24) is 9.21 Å². The Morgan fingerprint density at radius 2 is 1.74 bits per heavy atom. The van der Waals surface area contributed by atoms with Gasteiger partial charge in [-0.2, -0.15) is 4.31 Å². The van der Waals surface area contributed by atoms with E-state index in [1.165, 1.54) is 0 Å². The third-order valence-corrected chi connectivity index (χ3v) is 6.70. The van der Waals surface area contributed by atoms with Crippen LogP contribution < -0.4 is 0 Å². The third kappa shape index (κ3) is 4.76. The van der Waals surface area contributed by atoms with Crippen LogP contribution in [0.5, 0.6) is 0 Å². The second-order valence-corrected chi connectivity index (χ2v) is 8.74. The van der Waals surface area contributed by atoms with Gasteiger partial charge in [-0.25, -0.2) is 8.42 Å². The van der Waals surface area contributed by atoms with E-state index in [9.17, 15) is 13.5 Å². The number of aliphatic hydroxyl groups is 1. The summed E-state index contributed by atoms with van der Waals surface area (Å²) in [4.78, 5) is 2.19. The molecular formula is C17H26N2O3S. The highest BCUT2D eigenvalue weighted by Gasteiger charge is 2.33. The van der Waals surface area contributed by atoms with Gasteiger partial charge in [0, 0.05) is 32.7 Å². The van der Waals surface area contributed by atoms with Crippen molar-refractivity contribution in [2.75, 3.05) is 38.5 Å². The summed E-state index contributed by atoms with van der Waals surface area (Å²) in [6.45, 7) is 3.19. The van der Waals surface area contributed by atoms with Crippen molar-refractivity contribution < 1.29 is 13.5 Å². The van der Waals surface area contributed by atoms with Crippen molar-refractivity contribution in [3.05, 3.63) is 35.9 Å². The number of rotatable bonds is 7. The zero-order chi connectivity index (χ0) is 16.3. The first kappa shape index (κ1) is 16.9. The molecule has 1 aromatic rings. The van der Waals surface area contributed by atoms with Crippen LogP contribution in [0, 0.1) is 5.92 Å². The third-order valence-electron chi connectivity index (χ3n) is 4.83. The van der Waals surface area contributed by atoms with Crippen LogP contribution in [0.25, 0.3) is 0 Å². The molecule has 6 heteroatoms. The van der Waals surface area contributed by atoms with Crippen LogP contribution in [0.4, 0.5) is 0 Å². The van der Waals surface area contributed by atoms with E-state index in [-0.39, 0.29) is 11.9 Å². The molecule has 0 unspecified atom stereocenters. The van der Waals surface area contributed by atoms with Crippen LogP contribution in [0.2, 0.25) is 0 Å². The number of nitrogens with zero attached hydrogens (tertiary/aromatic N) is 2. The molecule has 1 aliphatic heterocycles. The van der Waals surface area contributed by atoms with Gasteiger partial charge in [0.2, 0.25) is 10.0 Å². The minimum atomic E-state index is -3.19. The minimum Gasteiger partial charge on any atom is -0.392 e. The van der Waals surface area contributed by atoms with Crippen LogP contribution in [0.15, 0.2) is 30.3 Å². The molecule has 2 fully saturated rings. The van der Waals surface area contributed by atoms with Crippen molar-refractivity contribution in [2.24, 2.45) is 5.92 Å². The second-order valence-electron chi connectivity index (χ2n) is 6.66. The molecule has 0 radical (unpaired) electrons. The summed E-state index contributed by atoms with van der Waals surface area (Å²) in [5, 5.41) is 10.0. The number of piperazine rings is 1. The minimum absolute atomic E-state index is 0.168. The second kappa shape index (κ2) is 7.30. The lowest BCUT2D eigenvalue weighted by Crippen LogP contribution is -2.51. The van der Waals surface area contributed by atoms with E-state index in [0.717, 1.165) is 18.4 Å². The van der Waals surface area contributed by atoms with Crippen LogP contribution in [-0.4, -0.2) is 67.3 Å². The van der Waals surface area contributed by atoms with Gasteiger partial charge in [-0.05, 0) is 30.7 Å². The molecule has 1 saturated heterocycles. The molecule has 0 bridgehead atoms. The predicted octanol–water partition coefficient (Wildman–Crippen LogP) is 0.947. The monoisotopic (exact) mass is 338 g/mol. The molecule has 1 saturated carbocycles. The summed E-state index contributed by atoms with van der Waals surface area (Å²) in [5.41, 5.74) is 1.06. The predicted molar refractivity (Wildman–Crippen MR) is 90.7 cm³/mol. The van der Waals surface area contributed by atoms with Crippen molar-refractivity contribution in [3.63, 3.8) is 0 Å². The fraction of sp³-hybridized carbons (Fsp3) is 0.647. The zero-order valence-corrected chi connectivity index (χ0v) is 14.3. The first-order chi connectivity index (χ1) is 11.0. The standard InChI is InChI=1S/C17H26N2O3S/c20-17(16-6-7-16)14-18-9-11-19(12-10-18)23(21,22)13-8-15-4-2-1-3-5-15/h1-5,16-17,20H,6-14H2/t17-/m1/s1. The number of β-amino-alcohol motifs (C(OH)–C–C–N with tert-alkyl or cyclic N) is 1. The summed E-state index contributed by atoms with van der Waals surface area (Å²) in [6.07, 6.45) is 2.59. The first-order valence-corrected chi connectivity index (χ1v) is 10.1. The lowest BCUT2D eigenvalue weighted by Gasteiger charge is -2.35. The molecular weight excluding hydrogens is 312 g/mol. The maximum Gasteiger partial charge on any atom is 0.214 e. The average Bonchev–Trinajstić information content (AvgIpc) is 3.40. The molecule has 0 spiro atoms. The van der Waals surface area contributed by atoms with Gasteiger partial charge in [-0.15, -0.1) is 0 Å². The molecule has 1 N–H and O–H groups in total. The lowest BCUT2D eigenvalue weighted by molar-refractivity contribution is 0.0782. The molecule has 0 aromatic heterocycles. The summed E-state index contributed by atoms with van der Waals surface area (Å²) in [7, 11) is -3.19. The molecule has 1 heterocycles. The van der Waals surface area contributed by atoms with Crippen molar-refractivity contribution >= 4 is 10.0 Å². The van der Waals surface area contributed by atoms with E-state index in [1.807, 2.05) is 30.3 Å². The molecule has 1 aromatic carbocycles. The normalized spacial score (nSPS) is 22.1. The molecule has 2 aliphatic rings. The maximum absolute atomic E-state index is 12.5. The Hall–Kier alpha value is -0.950. The Kier molecular flexibility index (Phi) is 5.36. The van der Waals surface area contributed by atoms with Gasteiger partial charge in [0.15, 0.2) is 0 Å². The lowest BCUT2D eigenvalue weighted by atomic mass is 10.2. The van der Waals surface area contributed by atoms with Crippen molar-refractivity contribution in [3.8, 4) is 0 Å². The molecule has 128 valence electrons. The van der Waals surface area contributed by atoms with E-state index >= 15 is 0 Å². The Labute approximate surface area is 139 Å². The maximum atomic E-state index is 12.5. The van der Waals surface area contributed by atoms with Gasteiger partial charge in [-0.1, -0.05) is 30.3 Å². The zero-order valence-electron chi connectivity index (χ0n) is 13.5. The summed E-state index contributed by atoms with van der Waals surface area (Å²) < 4.78 is 26.5. The van der Waals surface area contributed by atoms with Gasteiger partial charge < -0.3 is 5.11 Å². The fourth-order valence-corrected chi connectivity index (χ4v) is 4.58. The Balaban J connectivity index is 1.46. The number of hydrogen-bond donors (Lipinski definition) is 1. The van der Waals surface area contributed by atoms with E-state index in [2.05, 4.69) is 4.90 Å². The van der Waals surface area contributed by atoms with Gasteiger partial charge in [0.1, 0.15) is 0 Å². The summed E-state index contributed by atoms with van der Waals surface area (Å²) in [6, 6.07) is 9.74. The first-order valence-electron chi connectivity index (χ1n) is 8.47. The van der Waals surface area contributed by atoms with E-state index in [4.69, 9.17) is 0 Å². The quantitative estimate of drug-likeness (QED) is 0.804. The number of sulfonamides is 1. The molecule has 3 rings (SSSR count).